The molecule has 19 heavy (non-hydrogen) atoms. The van der Waals surface area contributed by atoms with Crippen molar-refractivity contribution in [3.8, 4) is 0 Å². The standard InChI is InChI=1S/C13H12F3N3/c14-13(15,16)10-1-2-12(11(17)7-10)19-8-9-3-5-18-6-4-9/h1-7,19H,8,17H2. The fraction of sp³-hybridized carbons (Fsp3) is 0.154. The Bertz CT molecular complexity index is 553. The molecule has 6 heteroatoms. The lowest BCUT2D eigenvalue weighted by Gasteiger charge is -2.12. The number of benzene rings is 1. The van der Waals surface area contributed by atoms with Gasteiger partial charge in [-0.2, -0.15) is 13.2 Å². The van der Waals surface area contributed by atoms with Gasteiger partial charge in [0.25, 0.3) is 0 Å². The van der Waals surface area contributed by atoms with Crippen molar-refractivity contribution in [2.24, 2.45) is 0 Å². The molecule has 0 fully saturated rings. The van der Waals surface area contributed by atoms with Crippen LogP contribution in [0, 0.1) is 0 Å². The number of halogens is 3. The first-order valence-corrected chi connectivity index (χ1v) is 5.56. The maximum atomic E-state index is 12.5. The summed E-state index contributed by atoms with van der Waals surface area (Å²) in [6.07, 6.45) is -1.09. The van der Waals surface area contributed by atoms with Gasteiger partial charge in [0.2, 0.25) is 0 Å². The van der Waals surface area contributed by atoms with Gasteiger partial charge < -0.3 is 11.1 Å². The minimum Gasteiger partial charge on any atom is -0.397 e. The second-order valence-electron chi connectivity index (χ2n) is 4.01. The molecule has 2 rings (SSSR count). The highest BCUT2D eigenvalue weighted by molar-refractivity contribution is 5.67. The van der Waals surface area contributed by atoms with Crippen molar-refractivity contribution in [3.05, 3.63) is 53.9 Å². The Morgan fingerprint density at radius 2 is 1.79 bits per heavy atom. The summed E-state index contributed by atoms with van der Waals surface area (Å²) in [5.74, 6) is 0. The van der Waals surface area contributed by atoms with Gasteiger partial charge in [-0.1, -0.05) is 0 Å². The van der Waals surface area contributed by atoms with Crippen LogP contribution >= 0.6 is 0 Å². The van der Waals surface area contributed by atoms with Gasteiger partial charge in [0.15, 0.2) is 0 Å². The molecular weight excluding hydrogens is 255 g/mol. The van der Waals surface area contributed by atoms with Gasteiger partial charge in [-0.15, -0.1) is 0 Å². The largest absolute Gasteiger partial charge is 0.416 e. The number of rotatable bonds is 3. The lowest BCUT2D eigenvalue weighted by atomic mass is 10.1. The minimum atomic E-state index is -4.38. The van der Waals surface area contributed by atoms with E-state index in [1.54, 1.807) is 12.4 Å². The van der Waals surface area contributed by atoms with E-state index in [0.29, 0.717) is 12.2 Å². The zero-order chi connectivity index (χ0) is 13.9. The molecule has 1 aromatic carbocycles. The van der Waals surface area contributed by atoms with Crippen LogP contribution < -0.4 is 11.1 Å². The Kier molecular flexibility index (Phi) is 3.59. The van der Waals surface area contributed by atoms with E-state index in [1.165, 1.54) is 6.07 Å². The summed E-state index contributed by atoms with van der Waals surface area (Å²) in [4.78, 5) is 3.88. The number of nitrogens with two attached hydrogens (primary N) is 1. The van der Waals surface area contributed by atoms with Crippen LogP contribution in [0.3, 0.4) is 0 Å². The molecule has 0 bridgehead atoms. The SMILES string of the molecule is Nc1cc(C(F)(F)F)ccc1NCc1ccncc1. The summed E-state index contributed by atoms with van der Waals surface area (Å²) in [5.41, 5.74) is 6.37. The molecule has 0 radical (unpaired) electrons. The number of pyridine rings is 1. The maximum Gasteiger partial charge on any atom is 0.416 e. The van der Waals surface area contributed by atoms with Crippen LogP contribution in [0.4, 0.5) is 24.5 Å². The fourth-order valence-electron chi connectivity index (χ4n) is 1.60. The lowest BCUT2D eigenvalue weighted by Crippen LogP contribution is -2.08. The molecule has 2 aromatic rings. The predicted molar refractivity (Wildman–Crippen MR) is 67.4 cm³/mol. The third-order valence-electron chi connectivity index (χ3n) is 2.61. The average molecular weight is 267 g/mol. The topological polar surface area (TPSA) is 50.9 Å². The summed E-state index contributed by atoms with van der Waals surface area (Å²) in [7, 11) is 0. The Balaban J connectivity index is 2.10. The molecule has 0 amide bonds. The van der Waals surface area contributed by atoms with Gasteiger partial charge >= 0.3 is 6.18 Å². The van der Waals surface area contributed by atoms with Gasteiger partial charge in [-0.05, 0) is 35.9 Å². The molecule has 3 N–H and O–H groups in total. The van der Waals surface area contributed by atoms with Gasteiger partial charge in [-0.25, -0.2) is 0 Å². The Morgan fingerprint density at radius 3 is 2.37 bits per heavy atom. The number of hydrogen-bond donors (Lipinski definition) is 2. The molecule has 0 saturated heterocycles. The van der Waals surface area contributed by atoms with Crippen molar-refractivity contribution in [2.75, 3.05) is 11.1 Å². The molecule has 0 aliphatic heterocycles. The number of hydrogen-bond acceptors (Lipinski definition) is 3. The normalized spacial score (nSPS) is 11.3. The zero-order valence-corrected chi connectivity index (χ0v) is 9.91. The number of aromatic nitrogens is 1. The van der Waals surface area contributed by atoms with Crippen LogP contribution in [-0.2, 0) is 12.7 Å². The van der Waals surface area contributed by atoms with Crippen molar-refractivity contribution in [1.29, 1.82) is 0 Å². The number of nitrogens with zero attached hydrogens (tertiary/aromatic N) is 1. The summed E-state index contributed by atoms with van der Waals surface area (Å²) in [6.45, 7) is 0.470. The summed E-state index contributed by atoms with van der Waals surface area (Å²) in [6, 6.07) is 6.89. The average Bonchev–Trinajstić information content (AvgIpc) is 2.37. The van der Waals surface area contributed by atoms with Crippen molar-refractivity contribution in [2.45, 2.75) is 12.7 Å². The third-order valence-corrected chi connectivity index (χ3v) is 2.61. The van der Waals surface area contributed by atoms with Crippen molar-refractivity contribution in [1.82, 2.24) is 4.98 Å². The van der Waals surface area contributed by atoms with Gasteiger partial charge in [0, 0.05) is 18.9 Å². The molecule has 0 atom stereocenters. The Hall–Kier alpha value is -2.24. The second kappa shape index (κ2) is 5.17. The molecule has 1 aromatic heterocycles. The molecule has 3 nitrogen and oxygen atoms in total. The highest BCUT2D eigenvalue weighted by atomic mass is 19.4. The summed E-state index contributed by atoms with van der Waals surface area (Å²) in [5, 5.41) is 2.99. The van der Waals surface area contributed by atoms with E-state index in [0.717, 1.165) is 17.7 Å². The molecular formula is C13H12F3N3. The highest BCUT2D eigenvalue weighted by Gasteiger charge is 2.30. The number of nitrogens with one attached hydrogen (secondary N) is 1. The second-order valence-corrected chi connectivity index (χ2v) is 4.01. The number of anilines is 2. The summed E-state index contributed by atoms with van der Waals surface area (Å²) < 4.78 is 37.4. The molecule has 1 heterocycles. The van der Waals surface area contributed by atoms with E-state index < -0.39 is 11.7 Å². The molecule has 0 saturated carbocycles. The van der Waals surface area contributed by atoms with E-state index in [-0.39, 0.29) is 5.69 Å². The van der Waals surface area contributed by atoms with E-state index in [9.17, 15) is 13.2 Å². The lowest BCUT2D eigenvalue weighted by molar-refractivity contribution is -0.137. The summed E-state index contributed by atoms with van der Waals surface area (Å²) >= 11 is 0. The van der Waals surface area contributed by atoms with Crippen molar-refractivity contribution >= 4 is 11.4 Å². The minimum absolute atomic E-state index is 0.0730. The number of nitrogen functional groups attached to an aromatic ring is 1. The number of alkyl halides is 3. The van der Waals surface area contributed by atoms with Crippen molar-refractivity contribution in [3.63, 3.8) is 0 Å². The van der Waals surface area contributed by atoms with E-state index in [1.807, 2.05) is 12.1 Å². The third kappa shape index (κ3) is 3.37. The van der Waals surface area contributed by atoms with E-state index in [2.05, 4.69) is 10.3 Å². The Labute approximate surface area is 108 Å². The zero-order valence-electron chi connectivity index (χ0n) is 9.91. The van der Waals surface area contributed by atoms with Crippen LogP contribution in [-0.4, -0.2) is 4.98 Å². The molecule has 0 aliphatic rings. The predicted octanol–water partition coefficient (Wildman–Crippen LogP) is 3.29. The Morgan fingerprint density at radius 1 is 1.11 bits per heavy atom. The van der Waals surface area contributed by atoms with Gasteiger partial charge in [0.1, 0.15) is 0 Å². The molecule has 100 valence electrons. The van der Waals surface area contributed by atoms with Gasteiger partial charge in [0.05, 0.1) is 16.9 Å². The van der Waals surface area contributed by atoms with Gasteiger partial charge in [-0.3, -0.25) is 4.98 Å². The highest BCUT2D eigenvalue weighted by Crippen LogP contribution is 2.32. The molecule has 0 spiro atoms. The van der Waals surface area contributed by atoms with E-state index in [4.69, 9.17) is 5.73 Å². The first-order chi connectivity index (χ1) is 8.97. The quantitative estimate of drug-likeness (QED) is 0.839. The van der Waals surface area contributed by atoms with Crippen LogP contribution in [0.5, 0.6) is 0 Å². The van der Waals surface area contributed by atoms with Crippen molar-refractivity contribution < 1.29 is 13.2 Å². The first kappa shape index (κ1) is 13.2. The molecule has 0 aliphatic carbocycles. The fourth-order valence-corrected chi connectivity index (χ4v) is 1.60. The van der Waals surface area contributed by atoms with E-state index >= 15 is 0 Å². The van der Waals surface area contributed by atoms with Crippen LogP contribution in [0.25, 0.3) is 0 Å². The van der Waals surface area contributed by atoms with Crippen LogP contribution in [0.2, 0.25) is 0 Å². The first-order valence-electron chi connectivity index (χ1n) is 5.56. The maximum absolute atomic E-state index is 12.5. The van der Waals surface area contributed by atoms with Crippen LogP contribution in [0.1, 0.15) is 11.1 Å². The molecule has 0 unspecified atom stereocenters. The monoisotopic (exact) mass is 267 g/mol. The van der Waals surface area contributed by atoms with Crippen LogP contribution in [0.15, 0.2) is 42.7 Å². The smallest absolute Gasteiger partial charge is 0.397 e.